The Bertz CT molecular complexity index is 1100. The predicted octanol–water partition coefficient (Wildman–Crippen LogP) is 1.76. The average Bonchev–Trinajstić information content (AvgIpc) is 3.33. The van der Waals surface area contributed by atoms with E-state index in [1.54, 1.807) is 0 Å². The molecule has 2 aromatic rings. The van der Waals surface area contributed by atoms with Crippen LogP contribution in [-0.2, 0) is 20.9 Å². The molecule has 4 N–H and O–H groups in total. The number of carbonyl (C=O) groups is 4. The summed E-state index contributed by atoms with van der Waals surface area (Å²) in [6.45, 7) is 4.36. The molecule has 1 unspecified atom stereocenters. The highest BCUT2D eigenvalue weighted by Gasteiger charge is 2.22. The van der Waals surface area contributed by atoms with Crippen LogP contribution in [0.1, 0.15) is 43.5 Å². The van der Waals surface area contributed by atoms with Gasteiger partial charge in [-0.1, -0.05) is 19.9 Å². The molecule has 2 aromatic heterocycles. The van der Waals surface area contributed by atoms with Crippen LogP contribution in [0, 0.1) is 5.92 Å². The summed E-state index contributed by atoms with van der Waals surface area (Å²) in [6, 6.07) is 3.28. The number of carbonyl (C=O) groups excluding carboxylic acids is 3. The van der Waals surface area contributed by atoms with Gasteiger partial charge < -0.3 is 30.0 Å². The summed E-state index contributed by atoms with van der Waals surface area (Å²) < 4.78 is 6.06. The summed E-state index contributed by atoms with van der Waals surface area (Å²) in [7, 11) is 0. The van der Waals surface area contributed by atoms with Gasteiger partial charge in [0.2, 0.25) is 11.8 Å². The molecule has 0 aromatic carbocycles. The molecule has 0 fully saturated rings. The fourth-order valence-electron chi connectivity index (χ4n) is 3.04. The Kier molecular flexibility index (Phi) is 10.5. The number of aliphatic carboxylic acids is 1. The van der Waals surface area contributed by atoms with Crippen molar-refractivity contribution in [2.45, 2.75) is 45.7 Å². The molecule has 0 spiro atoms. The smallest absolute Gasteiger partial charge is 0.327 e. The Morgan fingerprint density at radius 2 is 1.94 bits per heavy atom. The quantitative estimate of drug-likeness (QED) is 0.314. The van der Waals surface area contributed by atoms with Crippen LogP contribution in [-0.4, -0.2) is 46.0 Å². The van der Waals surface area contributed by atoms with E-state index in [9.17, 15) is 24.0 Å². The minimum atomic E-state index is -1.13. The van der Waals surface area contributed by atoms with Gasteiger partial charge in [-0.25, -0.2) is 4.79 Å². The first-order chi connectivity index (χ1) is 16.7. The average molecular weight is 487 g/mol. The van der Waals surface area contributed by atoms with E-state index in [-0.39, 0.29) is 36.5 Å². The summed E-state index contributed by atoms with van der Waals surface area (Å²) in [5.41, 5.74) is -0.434. The van der Waals surface area contributed by atoms with E-state index in [0.29, 0.717) is 12.5 Å². The van der Waals surface area contributed by atoms with Crippen LogP contribution in [0.5, 0.6) is 0 Å². The third-order valence-electron chi connectivity index (χ3n) is 4.92. The van der Waals surface area contributed by atoms with Gasteiger partial charge in [-0.15, -0.1) is 0 Å². The van der Waals surface area contributed by atoms with E-state index in [1.807, 2.05) is 13.8 Å². The molecule has 0 radical (unpaired) electrons. The van der Waals surface area contributed by atoms with Gasteiger partial charge in [0.25, 0.3) is 11.5 Å². The van der Waals surface area contributed by atoms with Crippen LogP contribution in [0.4, 0.5) is 5.69 Å². The topological polar surface area (TPSA) is 160 Å². The fraction of sp³-hybridized carbons (Fsp3) is 0.375. The number of rotatable bonds is 13. The molecule has 11 heteroatoms. The lowest BCUT2D eigenvalue weighted by molar-refractivity contribution is -0.131. The molecule has 2 rings (SSSR count). The number of pyridine rings is 1. The lowest BCUT2D eigenvalue weighted by Gasteiger charge is -2.18. The van der Waals surface area contributed by atoms with Crippen molar-refractivity contribution in [3.05, 3.63) is 65.0 Å². The summed E-state index contributed by atoms with van der Waals surface area (Å²) in [6.07, 6.45) is 7.35. The Hall–Kier alpha value is -4.15. The molecule has 35 heavy (non-hydrogen) atoms. The second-order valence-electron chi connectivity index (χ2n) is 8.23. The maximum Gasteiger partial charge on any atom is 0.327 e. The number of nitrogens with zero attached hydrogens (tertiary/aromatic N) is 1. The lowest BCUT2D eigenvalue weighted by atomic mass is 10.1. The zero-order chi connectivity index (χ0) is 25.8. The molecular formula is C24H30N4O7. The molecule has 2 heterocycles. The number of hydrogen-bond acceptors (Lipinski definition) is 6. The highest BCUT2D eigenvalue weighted by molar-refractivity contribution is 6.01. The van der Waals surface area contributed by atoms with E-state index < -0.39 is 29.4 Å². The fourth-order valence-corrected chi connectivity index (χ4v) is 3.04. The SMILES string of the molecule is CC(C)CCNC(=O)Cn1cccc(NC(=O)C(CC/C=C/C(=O)O)NC(=O)c2ccoc2)c1=O. The molecule has 0 aliphatic carbocycles. The van der Waals surface area contributed by atoms with Gasteiger partial charge in [0.05, 0.1) is 11.8 Å². The van der Waals surface area contributed by atoms with Crippen molar-refractivity contribution < 1.29 is 28.7 Å². The Labute approximate surface area is 202 Å². The number of carboxylic acid groups (broad SMARTS) is 1. The van der Waals surface area contributed by atoms with Crippen molar-refractivity contribution in [3.8, 4) is 0 Å². The second-order valence-corrected chi connectivity index (χ2v) is 8.23. The summed E-state index contributed by atoms with van der Waals surface area (Å²) >= 11 is 0. The Balaban J connectivity index is 2.10. The van der Waals surface area contributed by atoms with Crippen LogP contribution < -0.4 is 21.5 Å². The lowest BCUT2D eigenvalue weighted by Crippen LogP contribution is -2.44. The minimum Gasteiger partial charge on any atom is -0.478 e. The van der Waals surface area contributed by atoms with Crippen LogP contribution in [0.2, 0.25) is 0 Å². The van der Waals surface area contributed by atoms with Gasteiger partial charge in [-0.05, 0) is 43.4 Å². The first-order valence-corrected chi connectivity index (χ1v) is 11.2. The van der Waals surface area contributed by atoms with Crippen molar-refractivity contribution in [2.24, 2.45) is 5.92 Å². The summed E-state index contributed by atoms with van der Waals surface area (Å²) in [4.78, 5) is 60.9. The molecular weight excluding hydrogens is 456 g/mol. The molecule has 1 atom stereocenters. The normalized spacial score (nSPS) is 11.9. The van der Waals surface area contributed by atoms with Gasteiger partial charge in [0.15, 0.2) is 0 Å². The molecule has 0 bridgehead atoms. The molecule has 188 valence electrons. The van der Waals surface area contributed by atoms with Crippen molar-refractivity contribution in [1.82, 2.24) is 15.2 Å². The largest absolute Gasteiger partial charge is 0.478 e. The maximum atomic E-state index is 12.9. The third-order valence-corrected chi connectivity index (χ3v) is 4.92. The molecule has 11 nitrogen and oxygen atoms in total. The van der Waals surface area contributed by atoms with Crippen LogP contribution in [0.3, 0.4) is 0 Å². The van der Waals surface area contributed by atoms with Gasteiger partial charge in [-0.3, -0.25) is 19.2 Å². The van der Waals surface area contributed by atoms with Crippen LogP contribution in [0.25, 0.3) is 0 Å². The molecule has 3 amide bonds. The van der Waals surface area contributed by atoms with Crippen molar-refractivity contribution >= 4 is 29.4 Å². The molecule has 0 saturated heterocycles. The Morgan fingerprint density at radius 1 is 1.17 bits per heavy atom. The van der Waals surface area contributed by atoms with E-state index in [4.69, 9.17) is 9.52 Å². The first-order valence-electron chi connectivity index (χ1n) is 11.2. The molecule has 0 saturated carbocycles. The van der Waals surface area contributed by atoms with Crippen molar-refractivity contribution in [3.63, 3.8) is 0 Å². The maximum absolute atomic E-state index is 12.9. The number of nitrogens with one attached hydrogen (secondary N) is 3. The standard InChI is InChI=1S/C24H30N4O7/c1-16(2)9-11-25-20(29)14-28-12-5-7-19(24(28)34)27-23(33)18(6-3-4-8-21(30)31)26-22(32)17-10-13-35-15-17/h4-5,7-8,10,12-13,15-16,18H,3,6,9,11,14H2,1-2H3,(H,25,29)(H,26,32)(H,27,33)(H,30,31)/b8-4+. The monoisotopic (exact) mass is 486 g/mol. The van der Waals surface area contributed by atoms with E-state index in [1.165, 1.54) is 47.6 Å². The van der Waals surface area contributed by atoms with E-state index in [2.05, 4.69) is 16.0 Å². The number of carboxylic acids is 1. The van der Waals surface area contributed by atoms with E-state index in [0.717, 1.165) is 12.5 Å². The number of allylic oxidation sites excluding steroid dienone is 1. The summed E-state index contributed by atoms with van der Waals surface area (Å²) in [5, 5.41) is 16.5. The van der Waals surface area contributed by atoms with Crippen LogP contribution in [0.15, 0.2) is 58.3 Å². The molecule has 0 aliphatic heterocycles. The zero-order valence-electron chi connectivity index (χ0n) is 19.7. The number of amides is 3. The first kappa shape index (κ1) is 27.1. The Morgan fingerprint density at radius 3 is 2.60 bits per heavy atom. The van der Waals surface area contributed by atoms with Crippen LogP contribution >= 0.6 is 0 Å². The highest BCUT2D eigenvalue weighted by atomic mass is 16.4. The second kappa shape index (κ2) is 13.5. The number of aromatic nitrogens is 1. The van der Waals surface area contributed by atoms with Gasteiger partial charge in [-0.2, -0.15) is 0 Å². The number of furan rings is 1. The van der Waals surface area contributed by atoms with Crippen molar-refractivity contribution in [2.75, 3.05) is 11.9 Å². The predicted molar refractivity (Wildman–Crippen MR) is 128 cm³/mol. The molecule has 0 aliphatic rings. The van der Waals surface area contributed by atoms with Gasteiger partial charge in [0, 0.05) is 18.8 Å². The minimum absolute atomic E-state index is 0.0591. The third kappa shape index (κ3) is 9.32. The van der Waals surface area contributed by atoms with Gasteiger partial charge in [0.1, 0.15) is 24.5 Å². The number of anilines is 1. The summed E-state index contributed by atoms with van der Waals surface area (Å²) in [5.74, 6) is -2.26. The van der Waals surface area contributed by atoms with Crippen molar-refractivity contribution in [1.29, 1.82) is 0 Å². The zero-order valence-corrected chi connectivity index (χ0v) is 19.7. The highest BCUT2D eigenvalue weighted by Crippen LogP contribution is 2.07. The number of hydrogen-bond donors (Lipinski definition) is 4. The van der Waals surface area contributed by atoms with Gasteiger partial charge >= 0.3 is 5.97 Å². The van der Waals surface area contributed by atoms with E-state index >= 15 is 0 Å².